The fourth-order valence-electron chi connectivity index (χ4n) is 1.79. The molecular weight excluding hydrogens is 252 g/mol. The largest absolute Gasteiger partial charge is 0.478 e. The number of imide groups is 1. The van der Waals surface area contributed by atoms with Gasteiger partial charge in [0.15, 0.2) is 0 Å². The van der Waals surface area contributed by atoms with Crippen LogP contribution in [-0.2, 0) is 9.59 Å². The van der Waals surface area contributed by atoms with E-state index in [9.17, 15) is 14.4 Å². The van der Waals surface area contributed by atoms with Crippen LogP contribution in [0.1, 0.15) is 17.3 Å². The molecule has 0 bridgehead atoms. The number of nitrogens with zero attached hydrogens (tertiary/aromatic N) is 2. The zero-order chi connectivity index (χ0) is 14.2. The molecule has 19 heavy (non-hydrogen) atoms. The van der Waals surface area contributed by atoms with Gasteiger partial charge in [-0.25, -0.2) is 9.78 Å². The highest BCUT2D eigenvalue weighted by atomic mass is 16.4. The van der Waals surface area contributed by atoms with Crippen LogP contribution in [-0.4, -0.2) is 40.5 Å². The highest BCUT2D eigenvalue weighted by Crippen LogP contribution is 2.21. The van der Waals surface area contributed by atoms with Gasteiger partial charge in [0.2, 0.25) is 11.8 Å². The van der Waals surface area contributed by atoms with E-state index in [2.05, 4.69) is 10.3 Å². The van der Waals surface area contributed by atoms with Crippen molar-refractivity contribution in [2.45, 2.75) is 13.0 Å². The Morgan fingerprint density at radius 1 is 1.58 bits per heavy atom. The zero-order valence-electron chi connectivity index (χ0n) is 10.1. The van der Waals surface area contributed by atoms with E-state index < -0.39 is 23.8 Å². The SMILES string of the molecule is CC1C(=O)NC(=O)CN1c1cc(C(=O)O)c(N)cn1. The van der Waals surface area contributed by atoms with Crippen molar-refractivity contribution in [3.05, 3.63) is 17.8 Å². The van der Waals surface area contributed by atoms with Crippen LogP contribution in [0.5, 0.6) is 0 Å². The summed E-state index contributed by atoms with van der Waals surface area (Å²) in [5.41, 5.74) is 5.41. The Morgan fingerprint density at radius 3 is 2.89 bits per heavy atom. The van der Waals surface area contributed by atoms with Crippen molar-refractivity contribution in [1.29, 1.82) is 0 Å². The molecule has 1 aliphatic rings. The topological polar surface area (TPSA) is 126 Å². The number of carbonyl (C=O) groups excluding carboxylic acids is 2. The van der Waals surface area contributed by atoms with Gasteiger partial charge in [0.1, 0.15) is 11.9 Å². The van der Waals surface area contributed by atoms with Crippen LogP contribution < -0.4 is 16.0 Å². The lowest BCUT2D eigenvalue weighted by molar-refractivity contribution is -0.132. The first-order valence-electron chi connectivity index (χ1n) is 5.49. The lowest BCUT2D eigenvalue weighted by Gasteiger charge is -2.32. The highest BCUT2D eigenvalue weighted by Gasteiger charge is 2.31. The Bertz CT molecular complexity index is 572. The summed E-state index contributed by atoms with van der Waals surface area (Å²) < 4.78 is 0. The van der Waals surface area contributed by atoms with Gasteiger partial charge in [-0.15, -0.1) is 0 Å². The number of rotatable bonds is 2. The van der Waals surface area contributed by atoms with E-state index in [-0.39, 0.29) is 23.6 Å². The van der Waals surface area contributed by atoms with E-state index in [0.29, 0.717) is 0 Å². The molecule has 8 nitrogen and oxygen atoms in total. The second-order valence-corrected chi connectivity index (χ2v) is 4.15. The number of amides is 2. The van der Waals surface area contributed by atoms with Crippen molar-refractivity contribution in [1.82, 2.24) is 10.3 Å². The molecule has 1 aliphatic heterocycles. The smallest absolute Gasteiger partial charge is 0.337 e. The standard InChI is InChI=1S/C11H12N4O4/c1-5-10(17)14-9(16)4-15(5)8-2-6(11(18)19)7(12)3-13-8/h2-3,5H,4,12H2,1H3,(H,18,19)(H,14,16,17). The number of piperazine rings is 1. The number of nitrogens with one attached hydrogen (secondary N) is 1. The zero-order valence-corrected chi connectivity index (χ0v) is 10.1. The van der Waals surface area contributed by atoms with E-state index >= 15 is 0 Å². The lowest BCUT2D eigenvalue weighted by Crippen LogP contribution is -2.57. The molecule has 0 aliphatic carbocycles. The number of hydrogen-bond acceptors (Lipinski definition) is 6. The van der Waals surface area contributed by atoms with E-state index in [0.717, 1.165) is 0 Å². The monoisotopic (exact) mass is 264 g/mol. The van der Waals surface area contributed by atoms with Gasteiger partial charge in [-0.05, 0) is 13.0 Å². The van der Waals surface area contributed by atoms with Crippen LogP contribution in [0.4, 0.5) is 11.5 Å². The summed E-state index contributed by atoms with van der Waals surface area (Å²) in [5.74, 6) is -1.88. The van der Waals surface area contributed by atoms with Gasteiger partial charge in [0, 0.05) is 0 Å². The fourth-order valence-corrected chi connectivity index (χ4v) is 1.79. The minimum absolute atomic E-state index is 0.0247. The Kier molecular flexibility index (Phi) is 3.07. The Balaban J connectivity index is 2.40. The van der Waals surface area contributed by atoms with Crippen molar-refractivity contribution in [3.8, 4) is 0 Å². The van der Waals surface area contributed by atoms with Gasteiger partial charge >= 0.3 is 5.97 Å². The third-order valence-electron chi connectivity index (χ3n) is 2.87. The average Bonchev–Trinajstić information content (AvgIpc) is 2.34. The van der Waals surface area contributed by atoms with Crippen molar-refractivity contribution in [2.24, 2.45) is 0 Å². The number of carboxylic acid groups (broad SMARTS) is 1. The van der Waals surface area contributed by atoms with Gasteiger partial charge in [-0.1, -0.05) is 0 Å². The Morgan fingerprint density at radius 2 is 2.26 bits per heavy atom. The number of carboxylic acids is 1. The Hall–Kier alpha value is -2.64. The van der Waals surface area contributed by atoms with Crippen LogP contribution in [0.2, 0.25) is 0 Å². The van der Waals surface area contributed by atoms with Gasteiger partial charge in [-0.3, -0.25) is 14.9 Å². The van der Waals surface area contributed by atoms with Crippen molar-refractivity contribution in [3.63, 3.8) is 0 Å². The second kappa shape index (κ2) is 4.56. The molecule has 0 spiro atoms. The third-order valence-corrected chi connectivity index (χ3v) is 2.87. The summed E-state index contributed by atoms with van der Waals surface area (Å²) >= 11 is 0. The molecule has 8 heteroatoms. The average molecular weight is 264 g/mol. The summed E-state index contributed by atoms with van der Waals surface area (Å²) in [6, 6.07) is 0.635. The van der Waals surface area contributed by atoms with E-state index in [1.165, 1.54) is 17.2 Å². The van der Waals surface area contributed by atoms with Crippen LogP contribution in [0.3, 0.4) is 0 Å². The highest BCUT2D eigenvalue weighted by molar-refractivity contribution is 6.04. The molecule has 0 aromatic carbocycles. The molecule has 100 valence electrons. The quantitative estimate of drug-likeness (QED) is 0.598. The van der Waals surface area contributed by atoms with Gasteiger partial charge in [0.05, 0.1) is 24.0 Å². The molecule has 1 atom stereocenters. The first-order valence-corrected chi connectivity index (χ1v) is 5.49. The maximum absolute atomic E-state index is 11.5. The molecule has 1 unspecified atom stereocenters. The predicted molar refractivity (Wildman–Crippen MR) is 65.6 cm³/mol. The number of pyridine rings is 1. The number of nitrogen functional groups attached to an aromatic ring is 1. The van der Waals surface area contributed by atoms with Crippen LogP contribution in [0, 0.1) is 0 Å². The van der Waals surface area contributed by atoms with Crippen LogP contribution >= 0.6 is 0 Å². The van der Waals surface area contributed by atoms with Crippen molar-refractivity contribution < 1.29 is 19.5 Å². The third kappa shape index (κ3) is 2.32. The summed E-state index contributed by atoms with van der Waals surface area (Å²) in [6.07, 6.45) is 1.20. The van der Waals surface area contributed by atoms with Gasteiger partial charge in [0.25, 0.3) is 0 Å². The summed E-state index contributed by atoms with van der Waals surface area (Å²) in [4.78, 5) is 39.3. The number of aromatic carboxylic acids is 1. The molecule has 1 aromatic heterocycles. The van der Waals surface area contributed by atoms with Crippen LogP contribution in [0.25, 0.3) is 0 Å². The fraction of sp³-hybridized carbons (Fsp3) is 0.273. The summed E-state index contributed by atoms with van der Waals surface area (Å²) in [7, 11) is 0. The lowest BCUT2D eigenvalue weighted by atomic mass is 10.1. The minimum Gasteiger partial charge on any atom is -0.478 e. The number of anilines is 2. The Labute approximate surface area is 108 Å². The van der Waals surface area contributed by atoms with Gasteiger partial charge < -0.3 is 15.7 Å². The molecule has 1 saturated heterocycles. The van der Waals surface area contributed by atoms with Crippen LogP contribution in [0.15, 0.2) is 12.3 Å². The molecule has 2 heterocycles. The van der Waals surface area contributed by atoms with E-state index in [1.807, 2.05) is 0 Å². The van der Waals surface area contributed by atoms with Crippen molar-refractivity contribution in [2.75, 3.05) is 17.2 Å². The molecule has 1 aromatic rings. The maximum atomic E-state index is 11.5. The summed E-state index contributed by atoms with van der Waals surface area (Å²) in [6.45, 7) is 1.53. The predicted octanol–water partition coefficient (Wildman–Crippen LogP) is -0.787. The normalized spacial score (nSPS) is 19.2. The van der Waals surface area contributed by atoms with Crippen molar-refractivity contribution >= 4 is 29.3 Å². The molecular formula is C11H12N4O4. The molecule has 2 rings (SSSR count). The number of hydrogen-bond donors (Lipinski definition) is 3. The molecule has 2 amide bonds. The number of carbonyl (C=O) groups is 3. The molecule has 4 N–H and O–H groups in total. The molecule has 0 saturated carbocycles. The van der Waals surface area contributed by atoms with Gasteiger partial charge in [-0.2, -0.15) is 0 Å². The minimum atomic E-state index is -1.19. The number of nitrogens with two attached hydrogens (primary N) is 1. The first-order chi connectivity index (χ1) is 8.90. The maximum Gasteiger partial charge on any atom is 0.337 e. The second-order valence-electron chi connectivity index (χ2n) is 4.15. The molecule has 0 radical (unpaired) electrons. The van der Waals surface area contributed by atoms with E-state index in [1.54, 1.807) is 6.92 Å². The first kappa shape index (κ1) is 12.8. The molecule has 1 fully saturated rings. The van der Waals surface area contributed by atoms with E-state index in [4.69, 9.17) is 10.8 Å². The number of aromatic nitrogens is 1. The summed E-state index contributed by atoms with van der Waals surface area (Å²) in [5, 5.41) is 11.2.